The van der Waals surface area contributed by atoms with Gasteiger partial charge in [-0.15, -0.1) is 0 Å². The zero-order chi connectivity index (χ0) is 10.4. The first kappa shape index (κ1) is 10.7. The highest BCUT2D eigenvalue weighted by atomic mass is 19.1. The van der Waals surface area contributed by atoms with Crippen LogP contribution in [0.5, 0.6) is 0 Å². The molecule has 16 heavy (non-hydrogen) atoms. The Morgan fingerprint density at radius 1 is 1.31 bits per heavy atom. The van der Waals surface area contributed by atoms with E-state index in [-0.39, 0.29) is 19.2 Å². The van der Waals surface area contributed by atoms with Crippen molar-refractivity contribution >= 4 is 16.8 Å². The van der Waals surface area contributed by atoms with Crippen molar-refractivity contribution in [1.82, 2.24) is 10.3 Å². The molecule has 3 rings (SSSR count). The average Bonchev–Trinajstić information content (AvgIpc) is 2.52. The molecule has 4 heteroatoms. The number of aromatic amines is 1. The topological polar surface area (TPSA) is 44.9 Å². The van der Waals surface area contributed by atoms with Crippen LogP contribution in [0.1, 0.15) is 23.3 Å². The Kier molecular flexibility index (Phi) is 2.42. The number of benzene rings is 1. The molecule has 3 nitrogen and oxygen atoms in total. The van der Waals surface area contributed by atoms with Gasteiger partial charge in [0.1, 0.15) is 5.82 Å². The van der Waals surface area contributed by atoms with Gasteiger partial charge in [-0.2, -0.15) is 0 Å². The third-order valence-electron chi connectivity index (χ3n) is 2.75. The molecule has 0 bridgehead atoms. The summed E-state index contributed by atoms with van der Waals surface area (Å²) >= 11 is 0. The molecule has 1 amide bonds. The largest absolute Gasteiger partial charge is 0.361 e. The molecule has 1 aromatic carbocycles. The third-order valence-corrected chi connectivity index (χ3v) is 2.75. The first-order valence-electron chi connectivity index (χ1n) is 4.83. The zero-order valence-corrected chi connectivity index (χ0v) is 7.93. The summed E-state index contributed by atoms with van der Waals surface area (Å²) in [4.78, 5) is 14.6. The second-order valence-corrected chi connectivity index (χ2v) is 3.70. The van der Waals surface area contributed by atoms with Crippen molar-refractivity contribution < 1.29 is 9.18 Å². The molecular weight excluding hydrogens is 207 g/mol. The van der Waals surface area contributed by atoms with E-state index < -0.39 is 0 Å². The molecule has 1 aliphatic heterocycles. The number of hydrogen-bond acceptors (Lipinski definition) is 1. The Hall–Kier alpha value is -1.84. The van der Waals surface area contributed by atoms with Crippen molar-refractivity contribution in [2.24, 2.45) is 0 Å². The number of aromatic nitrogens is 1. The van der Waals surface area contributed by atoms with Gasteiger partial charge < -0.3 is 10.3 Å². The summed E-state index contributed by atoms with van der Waals surface area (Å²) in [5, 5.41) is 3.60. The van der Waals surface area contributed by atoms with Crippen LogP contribution >= 0.6 is 0 Å². The van der Waals surface area contributed by atoms with Gasteiger partial charge in [0.15, 0.2) is 0 Å². The summed E-state index contributed by atoms with van der Waals surface area (Å²) in [7, 11) is 0. The van der Waals surface area contributed by atoms with Crippen LogP contribution in [0.3, 0.4) is 0 Å². The van der Waals surface area contributed by atoms with E-state index in [9.17, 15) is 9.18 Å². The lowest BCUT2D eigenvalue weighted by molar-refractivity contribution is 0.0957. The molecule has 1 aliphatic rings. The lowest BCUT2D eigenvalue weighted by Crippen LogP contribution is -2.23. The van der Waals surface area contributed by atoms with Gasteiger partial charge in [0, 0.05) is 23.6 Å². The maximum absolute atomic E-state index is 13.2. The standard InChI is InChI=1S/C11H9FN2O.CH4/c12-7-3-8-10-6(1-2-13-11(8)15)5-14-9(10)4-7;/h3-5,14H,1-2H2,(H,13,15);1H4. The number of carbonyl (C=O) groups excluding carboxylic acids is 1. The van der Waals surface area contributed by atoms with Gasteiger partial charge in [0.05, 0.1) is 5.56 Å². The van der Waals surface area contributed by atoms with Crippen LogP contribution in [0.4, 0.5) is 4.39 Å². The van der Waals surface area contributed by atoms with E-state index in [1.807, 2.05) is 6.20 Å². The van der Waals surface area contributed by atoms with Gasteiger partial charge in [-0.05, 0) is 24.1 Å². The van der Waals surface area contributed by atoms with Gasteiger partial charge in [-0.3, -0.25) is 4.79 Å². The van der Waals surface area contributed by atoms with Crippen molar-refractivity contribution in [2.75, 3.05) is 6.54 Å². The van der Waals surface area contributed by atoms with Crippen LogP contribution in [0, 0.1) is 5.82 Å². The van der Waals surface area contributed by atoms with Gasteiger partial charge in [0.25, 0.3) is 5.91 Å². The Morgan fingerprint density at radius 2 is 2.12 bits per heavy atom. The number of H-pyrrole nitrogens is 1. The summed E-state index contributed by atoms with van der Waals surface area (Å²) < 4.78 is 13.2. The molecule has 0 saturated heterocycles. The molecule has 0 spiro atoms. The first-order chi connectivity index (χ1) is 7.25. The van der Waals surface area contributed by atoms with E-state index in [4.69, 9.17) is 0 Å². The van der Waals surface area contributed by atoms with Crippen molar-refractivity contribution in [3.05, 3.63) is 35.3 Å². The smallest absolute Gasteiger partial charge is 0.252 e. The average molecular weight is 220 g/mol. The zero-order valence-electron chi connectivity index (χ0n) is 7.93. The molecule has 0 unspecified atom stereocenters. The number of amides is 1. The SMILES string of the molecule is C.O=C1NCCc2c[nH]c3cc(F)cc1c23. The molecule has 0 aliphatic carbocycles. The van der Waals surface area contributed by atoms with E-state index in [1.165, 1.54) is 12.1 Å². The maximum Gasteiger partial charge on any atom is 0.252 e. The Balaban J connectivity index is 0.000000963. The van der Waals surface area contributed by atoms with E-state index in [0.717, 1.165) is 17.4 Å². The maximum atomic E-state index is 13.2. The van der Waals surface area contributed by atoms with Gasteiger partial charge in [-0.1, -0.05) is 7.43 Å². The fourth-order valence-electron chi connectivity index (χ4n) is 2.09. The lowest BCUT2D eigenvalue weighted by atomic mass is 10.1. The second-order valence-electron chi connectivity index (χ2n) is 3.70. The molecular formula is C12H13FN2O. The Bertz CT molecular complexity index is 559. The van der Waals surface area contributed by atoms with Crippen LogP contribution < -0.4 is 5.32 Å². The monoisotopic (exact) mass is 220 g/mol. The van der Waals surface area contributed by atoms with Crippen LogP contribution in [0.2, 0.25) is 0 Å². The van der Waals surface area contributed by atoms with E-state index >= 15 is 0 Å². The first-order valence-corrected chi connectivity index (χ1v) is 4.83. The molecule has 2 heterocycles. The van der Waals surface area contributed by atoms with Crippen LogP contribution in [0.25, 0.3) is 10.9 Å². The number of hydrogen-bond donors (Lipinski definition) is 2. The number of nitrogens with one attached hydrogen (secondary N) is 2. The number of carbonyl (C=O) groups is 1. The fourth-order valence-corrected chi connectivity index (χ4v) is 2.09. The second kappa shape index (κ2) is 3.63. The number of halogens is 1. The van der Waals surface area contributed by atoms with E-state index in [2.05, 4.69) is 10.3 Å². The van der Waals surface area contributed by atoms with Gasteiger partial charge in [-0.25, -0.2) is 4.39 Å². The van der Waals surface area contributed by atoms with Gasteiger partial charge in [0.2, 0.25) is 0 Å². The lowest BCUT2D eigenvalue weighted by Gasteiger charge is -2.01. The molecule has 0 fully saturated rings. The summed E-state index contributed by atoms with van der Waals surface area (Å²) in [6, 6.07) is 2.71. The molecule has 1 aromatic heterocycles. The Morgan fingerprint density at radius 3 is 2.94 bits per heavy atom. The highest BCUT2D eigenvalue weighted by molar-refractivity contribution is 6.08. The summed E-state index contributed by atoms with van der Waals surface area (Å²) in [5.41, 5.74) is 2.19. The van der Waals surface area contributed by atoms with Crippen molar-refractivity contribution in [1.29, 1.82) is 0 Å². The Labute approximate surface area is 92.7 Å². The van der Waals surface area contributed by atoms with Gasteiger partial charge >= 0.3 is 0 Å². The molecule has 0 saturated carbocycles. The van der Waals surface area contributed by atoms with Crippen LogP contribution in [-0.2, 0) is 6.42 Å². The molecule has 84 valence electrons. The van der Waals surface area contributed by atoms with E-state index in [1.54, 1.807) is 0 Å². The highest BCUT2D eigenvalue weighted by Crippen LogP contribution is 2.25. The quantitative estimate of drug-likeness (QED) is 0.702. The molecule has 0 radical (unpaired) electrons. The predicted octanol–water partition coefficient (Wildman–Crippen LogP) is 2.23. The highest BCUT2D eigenvalue weighted by Gasteiger charge is 2.18. The predicted molar refractivity (Wildman–Crippen MR) is 61.0 cm³/mol. The van der Waals surface area contributed by atoms with Crippen molar-refractivity contribution in [3.63, 3.8) is 0 Å². The summed E-state index contributed by atoms with van der Waals surface area (Å²) in [6.07, 6.45) is 2.62. The normalized spacial score (nSPS) is 14.2. The molecule has 2 aromatic rings. The minimum atomic E-state index is -0.386. The minimum Gasteiger partial charge on any atom is -0.361 e. The van der Waals surface area contributed by atoms with Crippen molar-refractivity contribution in [3.8, 4) is 0 Å². The third kappa shape index (κ3) is 1.38. The fraction of sp³-hybridized carbons (Fsp3) is 0.250. The number of rotatable bonds is 0. The van der Waals surface area contributed by atoms with Crippen LogP contribution in [-0.4, -0.2) is 17.4 Å². The molecule has 0 atom stereocenters. The molecule has 2 N–H and O–H groups in total. The minimum absolute atomic E-state index is 0. The summed E-state index contributed by atoms with van der Waals surface area (Å²) in [6.45, 7) is 0.599. The van der Waals surface area contributed by atoms with Crippen LogP contribution in [0.15, 0.2) is 18.3 Å². The van der Waals surface area contributed by atoms with Crippen molar-refractivity contribution in [2.45, 2.75) is 13.8 Å². The summed E-state index contributed by atoms with van der Waals surface area (Å²) in [5.74, 6) is -0.583. The van der Waals surface area contributed by atoms with E-state index in [0.29, 0.717) is 17.6 Å².